The van der Waals surface area contributed by atoms with E-state index < -0.39 is 142 Å². The lowest BCUT2D eigenvalue weighted by atomic mass is 9.96. The van der Waals surface area contributed by atoms with Gasteiger partial charge in [0.1, 0.15) is 78.8 Å². The van der Waals surface area contributed by atoms with E-state index in [9.17, 15) is 61.0 Å². The standard InChI is InChI=1S/C30H53NO19/c1-5-6-7-13(35)12(31-29(43)50-30(2,3)4)11-44-26-22(41)19(38)24(15(9-33)46-26)49-28-23(42)20(39)25(16(10-34)47-28)48-27-21(40)18(37)17(36)14(8-32)45-27/h6-7,12-28,32-42H,5,8-11H2,1-4H3,(H,31,43)/b7-6+/t12-,13+,14?,15?,16?,17-,18-,19+,20+,21-,22-,23-,24+,25-,26?,27?,28?/m0/s1. The van der Waals surface area contributed by atoms with E-state index in [2.05, 4.69) is 5.32 Å². The van der Waals surface area contributed by atoms with E-state index in [0.717, 1.165) is 0 Å². The van der Waals surface area contributed by atoms with Crippen molar-refractivity contribution in [1.82, 2.24) is 5.32 Å². The quantitative estimate of drug-likeness (QED) is 0.0742. The summed E-state index contributed by atoms with van der Waals surface area (Å²) >= 11 is 0. The van der Waals surface area contributed by atoms with Crippen LogP contribution in [0.5, 0.6) is 0 Å². The highest BCUT2D eigenvalue weighted by molar-refractivity contribution is 5.68. The normalized spacial score (nSPS) is 41.1. The summed E-state index contributed by atoms with van der Waals surface area (Å²) in [7, 11) is 0. The van der Waals surface area contributed by atoms with Crippen LogP contribution in [0.25, 0.3) is 0 Å². The van der Waals surface area contributed by atoms with Crippen LogP contribution < -0.4 is 5.32 Å². The fraction of sp³-hybridized carbons (Fsp3) is 0.900. The number of aliphatic hydroxyl groups excluding tert-OH is 11. The number of aliphatic hydroxyl groups is 11. The van der Waals surface area contributed by atoms with Crippen LogP contribution >= 0.6 is 0 Å². The van der Waals surface area contributed by atoms with Crippen molar-refractivity contribution in [3.8, 4) is 0 Å². The van der Waals surface area contributed by atoms with Crippen molar-refractivity contribution in [2.75, 3.05) is 26.4 Å². The van der Waals surface area contributed by atoms with Crippen LogP contribution in [-0.4, -0.2) is 199 Å². The number of ether oxygens (including phenoxy) is 7. The number of carbonyl (C=O) groups excluding carboxylic acids is 1. The summed E-state index contributed by atoms with van der Waals surface area (Å²) in [6.45, 7) is 3.84. The molecule has 3 saturated heterocycles. The van der Waals surface area contributed by atoms with Crippen molar-refractivity contribution < 1.29 is 94.1 Å². The van der Waals surface area contributed by atoms with E-state index in [1.807, 2.05) is 6.92 Å². The molecule has 20 heteroatoms. The first kappa shape index (κ1) is 42.7. The van der Waals surface area contributed by atoms with Crippen LogP contribution in [0.1, 0.15) is 34.1 Å². The molecule has 3 aliphatic heterocycles. The van der Waals surface area contributed by atoms with Crippen molar-refractivity contribution in [3.63, 3.8) is 0 Å². The largest absolute Gasteiger partial charge is 0.444 e. The Morgan fingerprint density at radius 2 is 1.18 bits per heavy atom. The highest BCUT2D eigenvalue weighted by atomic mass is 16.8. The molecule has 0 aromatic heterocycles. The Labute approximate surface area is 288 Å². The minimum Gasteiger partial charge on any atom is -0.444 e. The monoisotopic (exact) mass is 731 g/mol. The van der Waals surface area contributed by atoms with Gasteiger partial charge >= 0.3 is 6.09 Å². The zero-order valence-electron chi connectivity index (χ0n) is 28.2. The van der Waals surface area contributed by atoms with Crippen LogP contribution in [0.3, 0.4) is 0 Å². The Hall–Kier alpha value is -1.67. The second-order valence-electron chi connectivity index (χ2n) is 13.2. The maximum Gasteiger partial charge on any atom is 0.408 e. The van der Waals surface area contributed by atoms with Crippen molar-refractivity contribution >= 4 is 6.09 Å². The zero-order chi connectivity index (χ0) is 37.5. The van der Waals surface area contributed by atoms with Crippen LogP contribution in [0.15, 0.2) is 12.2 Å². The van der Waals surface area contributed by atoms with Crippen molar-refractivity contribution in [2.24, 2.45) is 0 Å². The molecular formula is C30H53NO19. The smallest absolute Gasteiger partial charge is 0.408 e. The molecule has 0 bridgehead atoms. The fourth-order valence-electron chi connectivity index (χ4n) is 5.47. The van der Waals surface area contributed by atoms with Gasteiger partial charge in [-0.3, -0.25) is 0 Å². The zero-order valence-corrected chi connectivity index (χ0v) is 28.2. The van der Waals surface area contributed by atoms with Gasteiger partial charge in [0, 0.05) is 0 Å². The third-order valence-electron chi connectivity index (χ3n) is 8.20. The lowest BCUT2D eigenvalue weighted by Crippen LogP contribution is -2.66. The van der Waals surface area contributed by atoms with Gasteiger partial charge < -0.3 is 94.6 Å². The molecule has 3 fully saturated rings. The summed E-state index contributed by atoms with van der Waals surface area (Å²) in [4.78, 5) is 12.4. The number of carbonyl (C=O) groups is 1. The lowest BCUT2D eigenvalue weighted by Gasteiger charge is -2.48. The summed E-state index contributed by atoms with van der Waals surface area (Å²) in [6.07, 6.45) is -24.3. The number of nitrogens with one attached hydrogen (secondary N) is 1. The first-order chi connectivity index (χ1) is 23.5. The number of alkyl carbamates (subject to hydrolysis) is 1. The Kier molecular flexibility index (Phi) is 16.1. The van der Waals surface area contributed by atoms with Gasteiger partial charge in [0.25, 0.3) is 0 Å². The first-order valence-corrected chi connectivity index (χ1v) is 16.3. The molecular weight excluding hydrogens is 678 g/mol. The van der Waals surface area contributed by atoms with E-state index in [1.54, 1.807) is 26.8 Å². The molecule has 1 amide bonds. The number of hydrogen-bond acceptors (Lipinski definition) is 19. The molecule has 292 valence electrons. The predicted octanol–water partition coefficient (Wildman–Crippen LogP) is -5.33. The molecule has 0 radical (unpaired) electrons. The molecule has 0 spiro atoms. The highest BCUT2D eigenvalue weighted by Gasteiger charge is 2.53. The van der Waals surface area contributed by atoms with Crippen LogP contribution in [-0.2, 0) is 33.2 Å². The minimum absolute atomic E-state index is 0.461. The number of hydrogen-bond donors (Lipinski definition) is 12. The Morgan fingerprint density at radius 1 is 0.720 bits per heavy atom. The summed E-state index contributed by atoms with van der Waals surface area (Å²) in [5.74, 6) is 0. The predicted molar refractivity (Wildman–Crippen MR) is 164 cm³/mol. The van der Waals surface area contributed by atoms with E-state index in [1.165, 1.54) is 6.08 Å². The molecule has 17 atom stereocenters. The van der Waals surface area contributed by atoms with E-state index in [4.69, 9.17) is 33.2 Å². The fourth-order valence-corrected chi connectivity index (χ4v) is 5.47. The molecule has 3 rings (SSSR count). The number of allylic oxidation sites excluding steroid dienone is 1. The molecule has 0 saturated carbocycles. The summed E-state index contributed by atoms with van der Waals surface area (Å²) in [5, 5.41) is 117. The average molecular weight is 732 g/mol. The number of rotatable bonds is 14. The summed E-state index contributed by atoms with van der Waals surface area (Å²) in [5.41, 5.74) is -0.850. The second-order valence-corrected chi connectivity index (χ2v) is 13.2. The van der Waals surface area contributed by atoms with Gasteiger partial charge in [0.15, 0.2) is 18.9 Å². The maximum atomic E-state index is 12.4. The van der Waals surface area contributed by atoms with Gasteiger partial charge in [0.2, 0.25) is 0 Å². The molecule has 0 aromatic carbocycles. The Bertz CT molecular complexity index is 1060. The van der Waals surface area contributed by atoms with Gasteiger partial charge in [-0.05, 0) is 27.2 Å². The van der Waals surface area contributed by atoms with Gasteiger partial charge in [-0.25, -0.2) is 4.79 Å². The van der Waals surface area contributed by atoms with Crippen molar-refractivity contribution in [2.45, 2.75) is 144 Å². The topological polar surface area (TPSA) is 316 Å². The van der Waals surface area contributed by atoms with Crippen LogP contribution in [0.2, 0.25) is 0 Å². The minimum atomic E-state index is -1.98. The summed E-state index contributed by atoms with van der Waals surface area (Å²) < 4.78 is 38.5. The van der Waals surface area contributed by atoms with Gasteiger partial charge in [-0.15, -0.1) is 0 Å². The highest BCUT2D eigenvalue weighted by Crippen LogP contribution is 2.32. The van der Waals surface area contributed by atoms with Crippen LogP contribution in [0, 0.1) is 0 Å². The Morgan fingerprint density at radius 3 is 1.66 bits per heavy atom. The Balaban J connectivity index is 1.68. The SMILES string of the molecule is CC/C=C/[C@@H](O)[C@H](COC1OC(CO)[C@@H](OC2OC(CO)[C@H](OC3OC(CO)[C@H](O)[C@H](O)[C@@H]3O)[C@H](O)[C@@H]2O)[C@H](O)[C@@H]1O)NC(=O)OC(C)(C)C. The lowest BCUT2D eigenvalue weighted by molar-refractivity contribution is -0.379. The van der Waals surface area contributed by atoms with Gasteiger partial charge in [0.05, 0.1) is 38.6 Å². The van der Waals surface area contributed by atoms with E-state index >= 15 is 0 Å². The maximum absolute atomic E-state index is 12.4. The molecule has 0 aromatic rings. The molecule has 20 nitrogen and oxygen atoms in total. The first-order valence-electron chi connectivity index (χ1n) is 16.3. The van der Waals surface area contributed by atoms with E-state index in [-0.39, 0.29) is 0 Å². The molecule has 3 heterocycles. The molecule has 6 unspecified atom stereocenters. The third-order valence-corrected chi connectivity index (χ3v) is 8.20. The molecule has 0 aliphatic carbocycles. The molecule has 50 heavy (non-hydrogen) atoms. The van der Waals surface area contributed by atoms with Crippen molar-refractivity contribution in [1.29, 1.82) is 0 Å². The van der Waals surface area contributed by atoms with Gasteiger partial charge in [-0.2, -0.15) is 0 Å². The van der Waals surface area contributed by atoms with E-state index in [0.29, 0.717) is 6.42 Å². The molecule has 3 aliphatic rings. The molecule has 12 N–H and O–H groups in total. The third kappa shape index (κ3) is 10.7. The van der Waals surface area contributed by atoms with Crippen molar-refractivity contribution in [3.05, 3.63) is 12.2 Å². The average Bonchev–Trinajstić information content (AvgIpc) is 3.06. The second kappa shape index (κ2) is 18.9. The summed E-state index contributed by atoms with van der Waals surface area (Å²) in [6, 6.07) is -1.11. The van der Waals surface area contributed by atoms with Gasteiger partial charge in [-0.1, -0.05) is 19.1 Å². The number of amides is 1. The van der Waals surface area contributed by atoms with Crippen LogP contribution in [0.4, 0.5) is 4.79 Å².